The first-order valence-corrected chi connectivity index (χ1v) is 7.45. The van der Waals surface area contributed by atoms with Crippen LogP contribution in [0.1, 0.15) is 64.5 Å². The third-order valence-corrected chi connectivity index (χ3v) is 3.67. The fourth-order valence-electron chi connectivity index (χ4n) is 2.49. The van der Waals surface area contributed by atoms with Crippen LogP contribution < -0.4 is 5.32 Å². The molecule has 18 heavy (non-hydrogen) atoms. The van der Waals surface area contributed by atoms with E-state index in [1.54, 1.807) is 0 Å². The van der Waals surface area contributed by atoms with Gasteiger partial charge in [-0.05, 0) is 36.6 Å². The van der Waals surface area contributed by atoms with Gasteiger partial charge in [0.25, 0.3) is 0 Å². The Hall–Kier alpha value is -0.890. The van der Waals surface area contributed by atoms with E-state index in [1.807, 2.05) is 12.4 Å². The number of nitrogens with one attached hydrogen (secondary N) is 1. The summed E-state index contributed by atoms with van der Waals surface area (Å²) in [4.78, 5) is 4.11. The molecule has 0 aromatic carbocycles. The molecule has 2 heteroatoms. The predicted molar refractivity (Wildman–Crippen MR) is 78.6 cm³/mol. The van der Waals surface area contributed by atoms with Crippen LogP contribution in [0.5, 0.6) is 0 Å². The second-order valence-corrected chi connectivity index (χ2v) is 5.04. The Morgan fingerprint density at radius 2 is 1.89 bits per heavy atom. The third kappa shape index (κ3) is 5.18. The van der Waals surface area contributed by atoms with Gasteiger partial charge >= 0.3 is 0 Å². The van der Waals surface area contributed by atoms with Gasteiger partial charge in [-0.15, -0.1) is 0 Å². The fraction of sp³-hybridized carbons (Fsp3) is 0.688. The van der Waals surface area contributed by atoms with E-state index in [2.05, 4.69) is 43.2 Å². The van der Waals surface area contributed by atoms with Crippen LogP contribution >= 0.6 is 0 Å². The van der Waals surface area contributed by atoms with Crippen LogP contribution in [0.2, 0.25) is 0 Å². The number of aromatic nitrogens is 1. The average molecular weight is 248 g/mol. The molecule has 0 aliphatic heterocycles. The summed E-state index contributed by atoms with van der Waals surface area (Å²) in [6.07, 6.45) is 10.3. The van der Waals surface area contributed by atoms with Crippen molar-refractivity contribution in [3.8, 4) is 0 Å². The van der Waals surface area contributed by atoms with E-state index < -0.39 is 0 Å². The van der Waals surface area contributed by atoms with Crippen LogP contribution in [-0.2, 0) is 0 Å². The molecule has 0 amide bonds. The van der Waals surface area contributed by atoms with Gasteiger partial charge in [0.2, 0.25) is 0 Å². The standard InChI is InChI=1S/C16H28N2/c1-4-7-8-14(5-2)13-16(18-6-3)15-9-11-17-12-10-15/h9-12,14,16,18H,4-8,13H2,1-3H3. The topological polar surface area (TPSA) is 24.9 Å². The zero-order valence-electron chi connectivity index (χ0n) is 12.2. The molecule has 1 N–H and O–H groups in total. The first-order chi connectivity index (χ1) is 8.81. The van der Waals surface area contributed by atoms with Gasteiger partial charge < -0.3 is 5.32 Å². The van der Waals surface area contributed by atoms with Crippen molar-refractivity contribution in [1.82, 2.24) is 10.3 Å². The summed E-state index contributed by atoms with van der Waals surface area (Å²) in [5.74, 6) is 0.835. The van der Waals surface area contributed by atoms with Gasteiger partial charge in [-0.3, -0.25) is 4.98 Å². The summed E-state index contributed by atoms with van der Waals surface area (Å²) >= 11 is 0. The normalized spacial score (nSPS) is 14.4. The SMILES string of the molecule is CCCCC(CC)CC(NCC)c1ccncc1. The van der Waals surface area contributed by atoms with Gasteiger partial charge in [0.15, 0.2) is 0 Å². The number of unbranched alkanes of at least 4 members (excludes halogenated alkanes) is 1. The molecular weight excluding hydrogens is 220 g/mol. The molecule has 0 spiro atoms. The summed E-state index contributed by atoms with van der Waals surface area (Å²) in [7, 11) is 0. The van der Waals surface area contributed by atoms with E-state index in [4.69, 9.17) is 0 Å². The highest BCUT2D eigenvalue weighted by atomic mass is 14.9. The summed E-state index contributed by atoms with van der Waals surface area (Å²) in [6, 6.07) is 4.76. The van der Waals surface area contributed by atoms with Crippen LogP contribution in [0.3, 0.4) is 0 Å². The van der Waals surface area contributed by atoms with Crippen molar-refractivity contribution in [1.29, 1.82) is 0 Å². The lowest BCUT2D eigenvalue weighted by molar-refractivity contribution is 0.357. The Balaban J connectivity index is 2.61. The van der Waals surface area contributed by atoms with Gasteiger partial charge in [0, 0.05) is 18.4 Å². The molecule has 1 aromatic heterocycles. The van der Waals surface area contributed by atoms with E-state index in [9.17, 15) is 0 Å². The Bertz CT molecular complexity index is 297. The summed E-state index contributed by atoms with van der Waals surface area (Å²) < 4.78 is 0. The summed E-state index contributed by atoms with van der Waals surface area (Å²) in [5, 5.41) is 3.61. The maximum Gasteiger partial charge on any atom is 0.0323 e. The van der Waals surface area contributed by atoms with Crippen molar-refractivity contribution in [2.75, 3.05) is 6.54 Å². The first kappa shape index (κ1) is 15.2. The van der Waals surface area contributed by atoms with Crippen molar-refractivity contribution in [2.45, 2.75) is 58.9 Å². The minimum Gasteiger partial charge on any atom is -0.310 e. The Labute approximate surface area is 112 Å². The van der Waals surface area contributed by atoms with E-state index in [1.165, 1.54) is 37.7 Å². The Morgan fingerprint density at radius 3 is 2.44 bits per heavy atom. The minimum absolute atomic E-state index is 0.486. The van der Waals surface area contributed by atoms with Crippen molar-refractivity contribution in [3.05, 3.63) is 30.1 Å². The zero-order chi connectivity index (χ0) is 13.2. The molecular formula is C16H28N2. The third-order valence-electron chi connectivity index (χ3n) is 3.67. The largest absolute Gasteiger partial charge is 0.310 e. The molecule has 0 aliphatic rings. The molecule has 1 rings (SSSR count). The highest BCUT2D eigenvalue weighted by Crippen LogP contribution is 2.26. The number of rotatable bonds is 9. The number of hydrogen-bond donors (Lipinski definition) is 1. The first-order valence-electron chi connectivity index (χ1n) is 7.45. The minimum atomic E-state index is 0.486. The molecule has 0 bridgehead atoms. The molecule has 0 fully saturated rings. The maximum absolute atomic E-state index is 4.11. The summed E-state index contributed by atoms with van der Waals surface area (Å²) in [6.45, 7) is 7.80. The predicted octanol–water partition coefficient (Wildman–Crippen LogP) is 4.34. The highest BCUT2D eigenvalue weighted by Gasteiger charge is 2.15. The maximum atomic E-state index is 4.11. The van der Waals surface area contributed by atoms with Gasteiger partial charge in [0.05, 0.1) is 0 Å². The number of hydrogen-bond acceptors (Lipinski definition) is 2. The molecule has 2 nitrogen and oxygen atoms in total. The molecule has 2 unspecified atom stereocenters. The van der Waals surface area contributed by atoms with Gasteiger partial charge in [-0.25, -0.2) is 0 Å². The fourth-order valence-corrected chi connectivity index (χ4v) is 2.49. The monoisotopic (exact) mass is 248 g/mol. The smallest absolute Gasteiger partial charge is 0.0323 e. The van der Waals surface area contributed by atoms with Crippen LogP contribution in [0, 0.1) is 5.92 Å². The van der Waals surface area contributed by atoms with Crippen molar-refractivity contribution in [2.24, 2.45) is 5.92 Å². The molecule has 102 valence electrons. The van der Waals surface area contributed by atoms with Gasteiger partial charge in [-0.1, -0.05) is 46.5 Å². The van der Waals surface area contributed by atoms with Gasteiger partial charge in [0.1, 0.15) is 0 Å². The molecule has 0 radical (unpaired) electrons. The van der Waals surface area contributed by atoms with Crippen molar-refractivity contribution < 1.29 is 0 Å². The summed E-state index contributed by atoms with van der Waals surface area (Å²) in [5.41, 5.74) is 1.38. The van der Waals surface area contributed by atoms with Crippen LogP contribution in [-0.4, -0.2) is 11.5 Å². The van der Waals surface area contributed by atoms with E-state index in [-0.39, 0.29) is 0 Å². The van der Waals surface area contributed by atoms with Crippen molar-refractivity contribution >= 4 is 0 Å². The Kier molecular flexibility index (Phi) is 7.66. The van der Waals surface area contributed by atoms with Crippen LogP contribution in [0.15, 0.2) is 24.5 Å². The van der Waals surface area contributed by atoms with Gasteiger partial charge in [-0.2, -0.15) is 0 Å². The molecule has 0 aliphatic carbocycles. The average Bonchev–Trinajstić information content (AvgIpc) is 2.43. The van der Waals surface area contributed by atoms with Crippen LogP contribution in [0.4, 0.5) is 0 Å². The second-order valence-electron chi connectivity index (χ2n) is 5.04. The number of nitrogens with zero attached hydrogens (tertiary/aromatic N) is 1. The second kappa shape index (κ2) is 9.09. The lowest BCUT2D eigenvalue weighted by Gasteiger charge is -2.23. The van der Waals surface area contributed by atoms with E-state index in [0.29, 0.717) is 6.04 Å². The molecule has 2 atom stereocenters. The highest BCUT2D eigenvalue weighted by molar-refractivity contribution is 5.15. The molecule has 0 saturated heterocycles. The van der Waals surface area contributed by atoms with E-state index in [0.717, 1.165) is 12.5 Å². The molecule has 0 saturated carbocycles. The molecule has 1 heterocycles. The van der Waals surface area contributed by atoms with E-state index >= 15 is 0 Å². The zero-order valence-corrected chi connectivity index (χ0v) is 12.2. The molecule has 1 aromatic rings. The quantitative estimate of drug-likeness (QED) is 0.703. The van der Waals surface area contributed by atoms with Crippen LogP contribution in [0.25, 0.3) is 0 Å². The van der Waals surface area contributed by atoms with Crippen molar-refractivity contribution in [3.63, 3.8) is 0 Å². The lowest BCUT2D eigenvalue weighted by Crippen LogP contribution is -2.23. The number of pyridine rings is 1. The Morgan fingerprint density at radius 1 is 1.17 bits per heavy atom. The lowest BCUT2D eigenvalue weighted by atomic mass is 9.89.